The number of anilines is 1. The second-order valence-electron chi connectivity index (χ2n) is 7.10. The number of carbonyl (C=O) groups excluding carboxylic acids is 1. The molecule has 3 aromatic rings. The molecule has 0 aromatic heterocycles. The summed E-state index contributed by atoms with van der Waals surface area (Å²) in [7, 11) is 0. The van der Waals surface area contributed by atoms with Gasteiger partial charge in [-0.2, -0.15) is 0 Å². The van der Waals surface area contributed by atoms with E-state index in [9.17, 15) is 4.79 Å². The quantitative estimate of drug-likeness (QED) is 0.663. The van der Waals surface area contributed by atoms with Gasteiger partial charge in [-0.15, -0.1) is 0 Å². The van der Waals surface area contributed by atoms with Crippen LogP contribution in [0.4, 0.5) is 5.69 Å². The first-order valence-corrected chi connectivity index (χ1v) is 9.97. The van der Waals surface area contributed by atoms with Crippen molar-refractivity contribution >= 4 is 34.0 Å². The van der Waals surface area contributed by atoms with Gasteiger partial charge >= 0.3 is 0 Å². The number of halogens is 1. The van der Waals surface area contributed by atoms with E-state index in [4.69, 9.17) is 16.3 Å². The molecule has 0 spiro atoms. The third-order valence-electron chi connectivity index (χ3n) is 5.15. The van der Waals surface area contributed by atoms with Crippen LogP contribution in [0, 0.1) is 0 Å². The summed E-state index contributed by atoms with van der Waals surface area (Å²) in [5.41, 5.74) is 1.06. The summed E-state index contributed by atoms with van der Waals surface area (Å²) < 4.78 is 5.74. The monoisotopic (exact) mass is 394 g/mol. The molecule has 5 heteroatoms. The summed E-state index contributed by atoms with van der Waals surface area (Å²) in [4.78, 5) is 14.4. The van der Waals surface area contributed by atoms with E-state index >= 15 is 0 Å². The zero-order valence-corrected chi connectivity index (χ0v) is 16.4. The van der Waals surface area contributed by atoms with Crippen LogP contribution in [0.15, 0.2) is 66.7 Å². The number of fused-ring (bicyclic) bond motifs is 1. The third kappa shape index (κ3) is 4.57. The van der Waals surface area contributed by atoms with Crippen molar-refractivity contribution in [3.8, 4) is 5.75 Å². The summed E-state index contributed by atoms with van der Waals surface area (Å²) in [6.07, 6.45) is 1.84. The molecule has 0 atom stereocenters. The molecule has 3 aromatic carbocycles. The first kappa shape index (κ1) is 18.6. The number of nitrogens with zero attached hydrogens (tertiary/aromatic N) is 1. The van der Waals surface area contributed by atoms with Crippen LogP contribution in [-0.2, 0) is 4.79 Å². The van der Waals surface area contributed by atoms with Crippen molar-refractivity contribution in [1.82, 2.24) is 4.90 Å². The second kappa shape index (κ2) is 8.53. The Balaban J connectivity index is 1.26. The van der Waals surface area contributed by atoms with Crippen LogP contribution < -0.4 is 10.1 Å². The van der Waals surface area contributed by atoms with Crippen LogP contribution in [0.5, 0.6) is 5.75 Å². The highest BCUT2D eigenvalue weighted by Crippen LogP contribution is 2.21. The average molecular weight is 395 g/mol. The fraction of sp³-hybridized carbons (Fsp3) is 0.261. The highest BCUT2D eigenvalue weighted by Gasteiger charge is 2.23. The molecule has 1 N–H and O–H groups in total. The maximum absolute atomic E-state index is 12.5. The predicted octanol–water partition coefficient (Wildman–Crippen LogP) is 4.98. The van der Waals surface area contributed by atoms with Crippen LogP contribution >= 0.6 is 11.6 Å². The summed E-state index contributed by atoms with van der Waals surface area (Å²) in [5.74, 6) is 0.768. The maximum Gasteiger partial charge on any atom is 0.260 e. The van der Waals surface area contributed by atoms with Gasteiger partial charge in [-0.3, -0.25) is 4.79 Å². The minimum Gasteiger partial charge on any atom is -0.484 e. The van der Waals surface area contributed by atoms with Gasteiger partial charge in [0.05, 0.1) is 0 Å². The Bertz CT molecular complexity index is 950. The molecule has 0 saturated carbocycles. The summed E-state index contributed by atoms with van der Waals surface area (Å²) in [6.45, 7) is 1.56. The van der Waals surface area contributed by atoms with Crippen molar-refractivity contribution in [1.29, 1.82) is 0 Å². The largest absolute Gasteiger partial charge is 0.484 e. The number of hydrogen-bond acceptors (Lipinski definition) is 3. The highest BCUT2D eigenvalue weighted by atomic mass is 35.5. The van der Waals surface area contributed by atoms with E-state index in [0.29, 0.717) is 6.04 Å². The molecule has 1 heterocycles. The predicted molar refractivity (Wildman–Crippen MR) is 114 cm³/mol. The highest BCUT2D eigenvalue weighted by molar-refractivity contribution is 6.30. The van der Waals surface area contributed by atoms with E-state index in [-0.39, 0.29) is 12.5 Å². The Morgan fingerprint density at radius 3 is 2.46 bits per heavy atom. The molecule has 4 rings (SSSR count). The summed E-state index contributed by atoms with van der Waals surface area (Å²) in [6, 6.07) is 22.1. The minimum atomic E-state index is 0.0399. The average Bonchev–Trinajstić information content (AvgIpc) is 2.74. The van der Waals surface area contributed by atoms with Crippen molar-refractivity contribution < 1.29 is 9.53 Å². The lowest BCUT2D eigenvalue weighted by Crippen LogP contribution is -2.44. The van der Waals surface area contributed by atoms with Gasteiger partial charge in [0.1, 0.15) is 5.75 Å². The van der Waals surface area contributed by atoms with E-state index in [0.717, 1.165) is 53.2 Å². The van der Waals surface area contributed by atoms with E-state index in [2.05, 4.69) is 11.4 Å². The van der Waals surface area contributed by atoms with Crippen LogP contribution in [0.3, 0.4) is 0 Å². The Labute approximate surface area is 170 Å². The lowest BCUT2D eigenvalue weighted by atomic mass is 10.0. The zero-order valence-electron chi connectivity index (χ0n) is 15.6. The van der Waals surface area contributed by atoms with Gasteiger partial charge in [-0.25, -0.2) is 0 Å². The number of ether oxygens (including phenoxy) is 1. The number of piperidine rings is 1. The van der Waals surface area contributed by atoms with Crippen LogP contribution in [0.1, 0.15) is 12.8 Å². The fourth-order valence-corrected chi connectivity index (χ4v) is 3.67. The minimum absolute atomic E-state index is 0.0399. The first-order valence-electron chi connectivity index (χ1n) is 9.59. The molecule has 1 amide bonds. The molecule has 1 saturated heterocycles. The standard InChI is InChI=1S/C23H23ClN2O2/c24-19-6-8-20(9-7-19)25-21-11-13-26(14-12-21)23(27)16-28-22-10-5-17-3-1-2-4-18(17)15-22/h1-10,15,21,25H,11-14,16H2. The van der Waals surface area contributed by atoms with Crippen molar-refractivity contribution in [2.75, 3.05) is 25.0 Å². The normalized spacial score (nSPS) is 14.8. The molecule has 1 aliphatic rings. The van der Waals surface area contributed by atoms with Crippen molar-refractivity contribution in [2.45, 2.75) is 18.9 Å². The lowest BCUT2D eigenvalue weighted by molar-refractivity contribution is -0.134. The summed E-state index contributed by atoms with van der Waals surface area (Å²) >= 11 is 5.93. The van der Waals surface area contributed by atoms with Crippen LogP contribution in [0.25, 0.3) is 10.8 Å². The molecule has 0 radical (unpaired) electrons. The number of amides is 1. The number of carbonyl (C=O) groups is 1. The Kier molecular flexibility index (Phi) is 5.68. The number of rotatable bonds is 5. The molecule has 144 valence electrons. The van der Waals surface area contributed by atoms with Gasteiger partial charge in [0.25, 0.3) is 5.91 Å². The van der Waals surface area contributed by atoms with Crippen LogP contribution in [-0.4, -0.2) is 36.5 Å². The maximum atomic E-state index is 12.5. The van der Waals surface area contributed by atoms with E-state index < -0.39 is 0 Å². The topological polar surface area (TPSA) is 41.6 Å². The Morgan fingerprint density at radius 1 is 1.00 bits per heavy atom. The molecular formula is C23H23ClN2O2. The first-order chi connectivity index (χ1) is 13.7. The lowest BCUT2D eigenvalue weighted by Gasteiger charge is -2.32. The molecule has 1 fully saturated rings. The van der Waals surface area contributed by atoms with Gasteiger partial charge in [-0.05, 0) is 60.0 Å². The van der Waals surface area contributed by atoms with Crippen molar-refractivity contribution in [3.63, 3.8) is 0 Å². The van der Waals surface area contributed by atoms with Gasteiger partial charge in [0.15, 0.2) is 6.61 Å². The van der Waals surface area contributed by atoms with Gasteiger partial charge in [0.2, 0.25) is 0 Å². The Hall–Kier alpha value is -2.72. The van der Waals surface area contributed by atoms with E-state index in [1.54, 1.807) is 0 Å². The van der Waals surface area contributed by atoms with Crippen molar-refractivity contribution in [3.05, 3.63) is 71.8 Å². The SMILES string of the molecule is O=C(COc1ccc2ccccc2c1)N1CCC(Nc2ccc(Cl)cc2)CC1. The molecular weight excluding hydrogens is 372 g/mol. The number of nitrogens with one attached hydrogen (secondary N) is 1. The molecule has 0 aliphatic carbocycles. The van der Waals surface area contributed by atoms with E-state index in [1.807, 2.05) is 65.6 Å². The van der Waals surface area contributed by atoms with Gasteiger partial charge in [-0.1, -0.05) is 41.9 Å². The smallest absolute Gasteiger partial charge is 0.260 e. The number of likely N-dealkylation sites (tertiary alicyclic amines) is 1. The third-order valence-corrected chi connectivity index (χ3v) is 5.40. The fourth-order valence-electron chi connectivity index (χ4n) is 3.55. The zero-order chi connectivity index (χ0) is 19.3. The van der Waals surface area contributed by atoms with Gasteiger partial charge < -0.3 is 15.0 Å². The molecule has 4 nitrogen and oxygen atoms in total. The van der Waals surface area contributed by atoms with Crippen molar-refractivity contribution in [2.24, 2.45) is 0 Å². The number of benzene rings is 3. The van der Waals surface area contributed by atoms with E-state index in [1.165, 1.54) is 0 Å². The molecule has 0 unspecified atom stereocenters. The Morgan fingerprint density at radius 2 is 1.71 bits per heavy atom. The molecule has 28 heavy (non-hydrogen) atoms. The molecule has 1 aliphatic heterocycles. The second-order valence-corrected chi connectivity index (χ2v) is 7.54. The van der Waals surface area contributed by atoms with Gasteiger partial charge in [0, 0.05) is 29.8 Å². The number of hydrogen-bond donors (Lipinski definition) is 1. The van der Waals surface area contributed by atoms with Crippen LogP contribution in [0.2, 0.25) is 5.02 Å². The molecule has 0 bridgehead atoms. The summed E-state index contributed by atoms with van der Waals surface area (Å²) in [5, 5.41) is 6.52.